The zero-order chi connectivity index (χ0) is 15.0. The molecule has 21 heavy (non-hydrogen) atoms. The maximum absolute atomic E-state index is 6.28. The largest absolute Gasteiger partial charge is 0.375 e. The average Bonchev–Trinajstić information content (AvgIpc) is 2.93. The van der Waals surface area contributed by atoms with E-state index in [2.05, 4.69) is 14.1 Å². The van der Waals surface area contributed by atoms with E-state index < -0.39 is 0 Å². The Morgan fingerprint density at radius 3 is 2.52 bits per heavy atom. The summed E-state index contributed by atoms with van der Waals surface area (Å²) in [6, 6.07) is 9.23. The first kappa shape index (κ1) is 14.9. The van der Waals surface area contributed by atoms with E-state index in [0.29, 0.717) is 15.1 Å². The van der Waals surface area contributed by atoms with Crippen molar-refractivity contribution in [2.45, 2.75) is 13.0 Å². The summed E-state index contributed by atoms with van der Waals surface area (Å²) in [5, 5.41) is 5.05. The van der Waals surface area contributed by atoms with Crippen molar-refractivity contribution in [2.75, 3.05) is 5.32 Å². The zero-order valence-corrected chi connectivity index (χ0v) is 14.0. The Morgan fingerprint density at radius 1 is 1.00 bits per heavy atom. The van der Waals surface area contributed by atoms with E-state index in [1.165, 1.54) is 11.7 Å². The highest BCUT2D eigenvalue weighted by Crippen LogP contribution is 2.34. The number of benzene rings is 2. The molecule has 0 spiro atoms. The third kappa shape index (κ3) is 2.94. The Bertz CT molecular complexity index is 803. The van der Waals surface area contributed by atoms with Crippen molar-refractivity contribution in [1.82, 2.24) is 8.75 Å². The number of halogens is 3. The van der Waals surface area contributed by atoms with Gasteiger partial charge in [-0.3, -0.25) is 0 Å². The summed E-state index contributed by atoms with van der Waals surface area (Å²) in [7, 11) is 0. The van der Waals surface area contributed by atoms with Gasteiger partial charge < -0.3 is 5.32 Å². The Balaban J connectivity index is 1.95. The Labute approximate surface area is 141 Å². The maximum Gasteiger partial charge on any atom is 0.129 e. The molecule has 1 unspecified atom stereocenters. The fraction of sp³-hybridized carbons (Fsp3) is 0.143. The zero-order valence-electron chi connectivity index (χ0n) is 10.9. The number of nitrogens with zero attached hydrogens (tertiary/aromatic N) is 2. The van der Waals surface area contributed by atoms with Crippen molar-refractivity contribution >= 4 is 63.3 Å². The standard InChI is InChI=1S/C14H10Cl3N3S/c1-7(8-2-3-9(15)11(17)6-8)18-13-10(16)4-5-12-14(13)20-21-19-12/h2-7,18H,1H3. The van der Waals surface area contributed by atoms with Crippen molar-refractivity contribution in [3.05, 3.63) is 51.0 Å². The minimum Gasteiger partial charge on any atom is -0.375 e. The van der Waals surface area contributed by atoms with E-state index in [1.807, 2.05) is 31.2 Å². The second-order valence-corrected chi connectivity index (χ2v) is 6.34. The Kier molecular flexibility index (Phi) is 4.22. The van der Waals surface area contributed by atoms with Crippen LogP contribution in [0.5, 0.6) is 0 Å². The quantitative estimate of drug-likeness (QED) is 0.640. The van der Waals surface area contributed by atoms with Gasteiger partial charge in [-0.15, -0.1) is 0 Å². The van der Waals surface area contributed by atoms with Crippen LogP contribution in [-0.4, -0.2) is 8.75 Å². The first-order chi connectivity index (χ1) is 10.1. The number of hydrogen-bond acceptors (Lipinski definition) is 4. The van der Waals surface area contributed by atoms with Gasteiger partial charge in [0.2, 0.25) is 0 Å². The number of rotatable bonds is 3. The van der Waals surface area contributed by atoms with E-state index >= 15 is 0 Å². The highest BCUT2D eigenvalue weighted by atomic mass is 35.5. The minimum atomic E-state index is 0.00423. The van der Waals surface area contributed by atoms with Gasteiger partial charge in [-0.25, -0.2) is 0 Å². The molecule has 1 aromatic heterocycles. The predicted molar refractivity (Wildman–Crippen MR) is 90.9 cm³/mol. The van der Waals surface area contributed by atoms with Crippen molar-refractivity contribution < 1.29 is 0 Å². The molecule has 1 heterocycles. The van der Waals surface area contributed by atoms with Crippen molar-refractivity contribution in [1.29, 1.82) is 0 Å². The van der Waals surface area contributed by atoms with Crippen molar-refractivity contribution in [3.8, 4) is 0 Å². The molecule has 0 saturated carbocycles. The molecule has 3 nitrogen and oxygen atoms in total. The minimum absolute atomic E-state index is 0.00423. The summed E-state index contributed by atoms with van der Waals surface area (Å²) in [6.07, 6.45) is 0. The van der Waals surface area contributed by atoms with E-state index in [1.54, 1.807) is 6.07 Å². The second kappa shape index (κ2) is 5.97. The van der Waals surface area contributed by atoms with Crippen LogP contribution in [0.3, 0.4) is 0 Å². The molecule has 108 valence electrons. The first-order valence-electron chi connectivity index (χ1n) is 6.18. The normalized spacial score (nSPS) is 12.6. The van der Waals surface area contributed by atoms with Crippen LogP contribution in [-0.2, 0) is 0 Å². The lowest BCUT2D eigenvalue weighted by atomic mass is 10.1. The van der Waals surface area contributed by atoms with Crippen LogP contribution >= 0.6 is 46.5 Å². The predicted octanol–water partition coefficient (Wildman–Crippen LogP) is 5.82. The molecule has 0 saturated heterocycles. The van der Waals surface area contributed by atoms with Crippen LogP contribution < -0.4 is 5.32 Å². The molecule has 0 aliphatic carbocycles. The summed E-state index contributed by atoms with van der Waals surface area (Å²) >= 11 is 19.4. The van der Waals surface area contributed by atoms with Gasteiger partial charge in [0.15, 0.2) is 0 Å². The summed E-state index contributed by atoms with van der Waals surface area (Å²) in [5.41, 5.74) is 3.40. The van der Waals surface area contributed by atoms with Gasteiger partial charge in [-0.05, 0) is 36.8 Å². The van der Waals surface area contributed by atoms with E-state index in [0.717, 1.165) is 22.3 Å². The molecule has 0 fully saturated rings. The molecule has 0 bridgehead atoms. The summed E-state index contributed by atoms with van der Waals surface area (Å²) in [4.78, 5) is 0. The number of fused-ring (bicyclic) bond motifs is 1. The SMILES string of the molecule is CC(Nc1c(Cl)ccc2nsnc12)c1ccc(Cl)c(Cl)c1. The lowest BCUT2D eigenvalue weighted by Crippen LogP contribution is -2.07. The van der Waals surface area contributed by atoms with Gasteiger partial charge in [0, 0.05) is 6.04 Å². The number of nitrogens with one attached hydrogen (secondary N) is 1. The van der Waals surface area contributed by atoms with E-state index in [4.69, 9.17) is 34.8 Å². The molecule has 1 N–H and O–H groups in total. The average molecular weight is 359 g/mol. The first-order valence-corrected chi connectivity index (χ1v) is 8.05. The second-order valence-electron chi connectivity index (χ2n) is 4.59. The Morgan fingerprint density at radius 2 is 1.76 bits per heavy atom. The third-order valence-corrected chi connectivity index (χ3v) is 4.78. The number of aromatic nitrogens is 2. The van der Waals surface area contributed by atoms with Crippen LogP contribution in [0.25, 0.3) is 11.0 Å². The highest BCUT2D eigenvalue weighted by molar-refractivity contribution is 7.00. The lowest BCUT2D eigenvalue weighted by molar-refractivity contribution is 0.886. The highest BCUT2D eigenvalue weighted by Gasteiger charge is 2.14. The Hall–Kier alpha value is -1.07. The topological polar surface area (TPSA) is 37.8 Å². The van der Waals surface area contributed by atoms with Gasteiger partial charge in [-0.1, -0.05) is 40.9 Å². The van der Waals surface area contributed by atoms with Gasteiger partial charge in [0.05, 0.1) is 32.5 Å². The van der Waals surface area contributed by atoms with Gasteiger partial charge in [0.25, 0.3) is 0 Å². The molecule has 0 radical (unpaired) electrons. The molecule has 3 rings (SSSR count). The van der Waals surface area contributed by atoms with Crippen LogP contribution in [0.4, 0.5) is 5.69 Å². The smallest absolute Gasteiger partial charge is 0.129 e. The molecular weight excluding hydrogens is 349 g/mol. The molecule has 0 aliphatic heterocycles. The summed E-state index contributed by atoms with van der Waals surface area (Å²) in [5.74, 6) is 0. The molecule has 3 aromatic rings. The number of anilines is 1. The molecular formula is C14H10Cl3N3S. The van der Waals surface area contributed by atoms with Crippen LogP contribution in [0.15, 0.2) is 30.3 Å². The van der Waals surface area contributed by atoms with Crippen LogP contribution in [0, 0.1) is 0 Å². The number of hydrogen-bond donors (Lipinski definition) is 1. The summed E-state index contributed by atoms with van der Waals surface area (Å²) < 4.78 is 8.51. The van der Waals surface area contributed by atoms with E-state index in [-0.39, 0.29) is 6.04 Å². The van der Waals surface area contributed by atoms with Gasteiger partial charge >= 0.3 is 0 Å². The van der Waals surface area contributed by atoms with Crippen LogP contribution in [0.2, 0.25) is 15.1 Å². The van der Waals surface area contributed by atoms with Crippen molar-refractivity contribution in [2.24, 2.45) is 0 Å². The fourth-order valence-electron chi connectivity index (χ4n) is 2.05. The lowest BCUT2D eigenvalue weighted by Gasteiger charge is -2.17. The van der Waals surface area contributed by atoms with Gasteiger partial charge in [0.1, 0.15) is 11.0 Å². The fourth-order valence-corrected chi connectivity index (χ4v) is 3.10. The van der Waals surface area contributed by atoms with Gasteiger partial charge in [-0.2, -0.15) is 8.75 Å². The molecule has 7 heteroatoms. The third-order valence-electron chi connectivity index (χ3n) is 3.18. The van der Waals surface area contributed by atoms with E-state index in [9.17, 15) is 0 Å². The molecule has 2 aromatic carbocycles. The molecule has 1 atom stereocenters. The van der Waals surface area contributed by atoms with Crippen LogP contribution in [0.1, 0.15) is 18.5 Å². The molecule has 0 aliphatic rings. The molecule has 0 amide bonds. The maximum atomic E-state index is 6.28. The monoisotopic (exact) mass is 357 g/mol. The van der Waals surface area contributed by atoms with Crippen molar-refractivity contribution in [3.63, 3.8) is 0 Å². The summed E-state index contributed by atoms with van der Waals surface area (Å²) in [6.45, 7) is 2.02.